The number of ether oxygens (including phenoxy) is 3. The molecule has 3 atom stereocenters. The van der Waals surface area contributed by atoms with Crippen LogP contribution in [0.3, 0.4) is 0 Å². The second kappa shape index (κ2) is 17.7. The van der Waals surface area contributed by atoms with Gasteiger partial charge in [-0.15, -0.1) is 16.9 Å². The number of amides is 3. The van der Waals surface area contributed by atoms with E-state index >= 15 is 0 Å². The SMILES string of the molecule is CC(=O)Oc1ccc2c(=O)c(C(=O)NC(C(=O)N[C@@H]3C(=O)N4C(C(=O)O)=C(CSc5nnnn5CC(=O)O)CS[C@H]34)c3ccc(OCC(=O)O)cc3)coc2c1OC(C)=O. The summed E-state index contributed by atoms with van der Waals surface area (Å²) in [4.78, 5) is 114. The zero-order valence-corrected chi connectivity index (χ0v) is 32.4. The first kappa shape index (κ1) is 42.3. The molecule has 6 rings (SSSR count). The Hall–Kier alpha value is -7.28. The summed E-state index contributed by atoms with van der Waals surface area (Å²) in [5.41, 5.74) is -1.89. The van der Waals surface area contributed by atoms with Crippen molar-refractivity contribution in [3.8, 4) is 17.2 Å². The number of nitrogens with one attached hydrogen (secondary N) is 2. The Balaban J connectivity index is 1.26. The van der Waals surface area contributed by atoms with Gasteiger partial charge in [0.1, 0.15) is 47.3 Å². The molecule has 2 aliphatic rings. The van der Waals surface area contributed by atoms with E-state index in [0.29, 0.717) is 5.57 Å². The number of esters is 2. The molecule has 5 N–H and O–H groups in total. The van der Waals surface area contributed by atoms with E-state index in [1.165, 1.54) is 24.3 Å². The first-order valence-electron chi connectivity index (χ1n) is 17.1. The lowest BCUT2D eigenvalue weighted by molar-refractivity contribution is -0.151. The predicted molar refractivity (Wildman–Crippen MR) is 201 cm³/mol. The van der Waals surface area contributed by atoms with Crippen LogP contribution in [0.1, 0.15) is 35.8 Å². The van der Waals surface area contributed by atoms with Crippen LogP contribution < -0.4 is 30.3 Å². The molecule has 2 aromatic heterocycles. The molecule has 312 valence electrons. The standard InChI is InChI=1S/C35H29N7O16S2/c1-14(43)57-21-8-7-19-27(49)20(10-56-28(19)29(21)58-15(2)44)30(50)36-24(16-3-5-18(6-4-16)55-11-23(47)48)31(51)37-25-32(52)42-26(34(53)54)17(12-59-33(25)42)13-60-35-38-39-40-41(35)9-22(45)46/h3-8,10,24-25,33H,9,11-13H2,1-2H3,(H,36,50)(H,37,51)(H,45,46)(H,47,48)(H,53,54)/t24?,25-,33-/m1/s1. The molecular formula is C35H29N7O16S2. The van der Waals surface area contributed by atoms with Crippen molar-refractivity contribution in [3.63, 3.8) is 0 Å². The van der Waals surface area contributed by atoms with Crippen molar-refractivity contribution in [2.75, 3.05) is 18.1 Å². The monoisotopic (exact) mass is 867 g/mol. The molecule has 23 nitrogen and oxygen atoms in total. The van der Waals surface area contributed by atoms with Gasteiger partial charge >= 0.3 is 29.8 Å². The van der Waals surface area contributed by atoms with Crippen molar-refractivity contribution in [2.45, 2.75) is 43.0 Å². The van der Waals surface area contributed by atoms with Crippen LogP contribution in [0.5, 0.6) is 17.2 Å². The smallest absolute Gasteiger partial charge is 0.352 e. The number of β-lactam (4-membered cyclic amide) rings is 1. The fourth-order valence-electron chi connectivity index (χ4n) is 5.91. The van der Waals surface area contributed by atoms with E-state index in [-0.39, 0.29) is 50.4 Å². The number of thioether (sulfide) groups is 2. The molecule has 3 amide bonds. The number of tetrazole rings is 1. The van der Waals surface area contributed by atoms with Crippen LogP contribution in [0.4, 0.5) is 0 Å². The van der Waals surface area contributed by atoms with Crippen molar-refractivity contribution in [1.82, 2.24) is 35.7 Å². The zero-order valence-electron chi connectivity index (χ0n) is 30.8. The number of carboxylic acid groups (broad SMARTS) is 3. The van der Waals surface area contributed by atoms with Crippen molar-refractivity contribution in [1.29, 1.82) is 0 Å². The zero-order chi connectivity index (χ0) is 43.4. The van der Waals surface area contributed by atoms with Crippen LogP contribution in [-0.4, -0.2) is 118 Å². The molecule has 0 saturated carbocycles. The Bertz CT molecular complexity index is 2560. The molecule has 2 aliphatic heterocycles. The molecule has 2 aromatic carbocycles. The number of aromatic nitrogens is 4. The van der Waals surface area contributed by atoms with E-state index in [4.69, 9.17) is 28.8 Å². The summed E-state index contributed by atoms with van der Waals surface area (Å²) in [6, 6.07) is 4.63. The Kier molecular flexibility index (Phi) is 12.5. The lowest BCUT2D eigenvalue weighted by Crippen LogP contribution is -2.71. The highest BCUT2D eigenvalue weighted by Gasteiger charge is 2.54. The lowest BCUT2D eigenvalue weighted by Gasteiger charge is -2.49. The molecule has 0 spiro atoms. The molecule has 1 saturated heterocycles. The maximum absolute atomic E-state index is 14.0. The summed E-state index contributed by atoms with van der Waals surface area (Å²) in [5, 5.41) is 42.9. The summed E-state index contributed by atoms with van der Waals surface area (Å²) in [6.45, 7) is 0.911. The van der Waals surface area contributed by atoms with E-state index in [2.05, 4.69) is 26.2 Å². The summed E-state index contributed by atoms with van der Waals surface area (Å²) in [7, 11) is 0. The number of aliphatic carboxylic acids is 3. The normalized spacial score (nSPS) is 16.2. The van der Waals surface area contributed by atoms with E-state index < -0.39 is 94.9 Å². The van der Waals surface area contributed by atoms with Gasteiger partial charge in [-0.25, -0.2) is 14.3 Å². The predicted octanol–water partition coefficient (Wildman–Crippen LogP) is 0.180. The molecule has 0 aliphatic carbocycles. The van der Waals surface area contributed by atoms with Gasteiger partial charge in [-0.1, -0.05) is 23.9 Å². The average Bonchev–Trinajstić information content (AvgIpc) is 3.63. The number of benzene rings is 2. The van der Waals surface area contributed by atoms with Crippen LogP contribution in [0, 0.1) is 0 Å². The lowest BCUT2D eigenvalue weighted by atomic mass is 10.0. The van der Waals surface area contributed by atoms with Gasteiger partial charge in [0.15, 0.2) is 17.9 Å². The van der Waals surface area contributed by atoms with Gasteiger partial charge in [0.05, 0.1) is 5.39 Å². The van der Waals surface area contributed by atoms with Crippen molar-refractivity contribution in [2.24, 2.45) is 0 Å². The molecule has 1 unspecified atom stereocenters. The highest BCUT2D eigenvalue weighted by atomic mass is 32.2. The third kappa shape index (κ3) is 9.05. The van der Waals surface area contributed by atoms with Crippen molar-refractivity contribution in [3.05, 3.63) is 75.3 Å². The minimum absolute atomic E-state index is 0.0242. The first-order chi connectivity index (χ1) is 28.5. The van der Waals surface area contributed by atoms with Crippen LogP contribution >= 0.6 is 23.5 Å². The molecular weight excluding hydrogens is 839 g/mol. The number of hydrogen-bond donors (Lipinski definition) is 5. The molecule has 1 fully saturated rings. The van der Waals surface area contributed by atoms with Crippen LogP contribution in [-0.2, 0) is 40.1 Å². The van der Waals surface area contributed by atoms with Gasteiger partial charge in [0.2, 0.25) is 22.2 Å². The fourth-order valence-corrected chi connectivity index (χ4v) is 8.27. The molecule has 4 heterocycles. The molecule has 0 bridgehead atoms. The fraction of sp³-hybridized carbons (Fsp3) is 0.257. The van der Waals surface area contributed by atoms with Gasteiger partial charge in [-0.05, 0) is 45.8 Å². The van der Waals surface area contributed by atoms with Crippen LogP contribution in [0.2, 0.25) is 0 Å². The highest BCUT2D eigenvalue weighted by Crippen LogP contribution is 2.42. The van der Waals surface area contributed by atoms with E-state index in [1.807, 2.05) is 0 Å². The van der Waals surface area contributed by atoms with Crippen LogP contribution in [0.15, 0.2) is 68.3 Å². The quantitative estimate of drug-likeness (QED) is 0.0434. The van der Waals surface area contributed by atoms with E-state index in [9.17, 15) is 48.3 Å². The molecule has 25 heteroatoms. The third-order valence-electron chi connectivity index (χ3n) is 8.42. The number of fused-ring (bicyclic) bond motifs is 2. The van der Waals surface area contributed by atoms with E-state index in [1.54, 1.807) is 0 Å². The third-order valence-corrected chi connectivity index (χ3v) is 10.8. The summed E-state index contributed by atoms with van der Waals surface area (Å²) >= 11 is 2.08. The van der Waals surface area contributed by atoms with Crippen molar-refractivity contribution < 1.29 is 72.3 Å². The van der Waals surface area contributed by atoms with E-state index in [0.717, 1.165) is 65.3 Å². The Morgan fingerprint density at radius 3 is 2.35 bits per heavy atom. The van der Waals surface area contributed by atoms with Gasteiger partial charge in [-0.3, -0.25) is 38.5 Å². The number of nitrogens with zero attached hydrogens (tertiary/aromatic N) is 5. The number of carbonyl (C=O) groups excluding carboxylic acids is 5. The average molecular weight is 868 g/mol. The Morgan fingerprint density at radius 1 is 0.983 bits per heavy atom. The van der Waals surface area contributed by atoms with Gasteiger partial charge < -0.3 is 44.6 Å². The molecule has 4 aromatic rings. The van der Waals surface area contributed by atoms with Gasteiger partial charge in [0.25, 0.3) is 11.8 Å². The number of carboxylic acids is 3. The molecule has 0 radical (unpaired) electrons. The van der Waals surface area contributed by atoms with Crippen LogP contribution in [0.25, 0.3) is 11.0 Å². The number of rotatable bonds is 16. The second-order valence-corrected chi connectivity index (χ2v) is 14.6. The largest absolute Gasteiger partial charge is 0.482 e. The minimum atomic E-state index is -1.64. The topological polar surface area (TPSA) is 326 Å². The summed E-state index contributed by atoms with van der Waals surface area (Å²) in [5.74, 6) is -8.97. The Labute approximate surface area is 343 Å². The highest BCUT2D eigenvalue weighted by molar-refractivity contribution is 8.01. The second-order valence-electron chi connectivity index (χ2n) is 12.5. The van der Waals surface area contributed by atoms with Crippen molar-refractivity contribution >= 4 is 82.1 Å². The first-order valence-corrected chi connectivity index (χ1v) is 19.1. The minimum Gasteiger partial charge on any atom is -0.482 e. The maximum Gasteiger partial charge on any atom is 0.352 e. The number of carbonyl (C=O) groups is 8. The maximum atomic E-state index is 14.0. The summed E-state index contributed by atoms with van der Waals surface area (Å²) in [6.07, 6.45) is 0.733. The summed E-state index contributed by atoms with van der Waals surface area (Å²) < 4.78 is 21.9. The molecule has 60 heavy (non-hydrogen) atoms. The number of hydrogen-bond acceptors (Lipinski definition) is 18. The Morgan fingerprint density at radius 2 is 1.70 bits per heavy atom. The van der Waals surface area contributed by atoms with Gasteiger partial charge in [0, 0.05) is 25.4 Å². The van der Waals surface area contributed by atoms with Gasteiger partial charge in [-0.2, -0.15) is 0 Å².